The summed E-state index contributed by atoms with van der Waals surface area (Å²) >= 11 is 2.18. The molecule has 4 nitrogen and oxygen atoms in total. The second-order valence-corrected chi connectivity index (χ2v) is 7.29. The van der Waals surface area contributed by atoms with Crippen LogP contribution < -0.4 is 5.32 Å². The first-order valence-corrected chi connectivity index (χ1v) is 9.35. The van der Waals surface area contributed by atoms with Gasteiger partial charge in [0.2, 0.25) is 0 Å². The Morgan fingerprint density at radius 1 is 1.12 bits per heavy atom. The molecule has 0 fully saturated rings. The Labute approximate surface area is 154 Å². The van der Waals surface area contributed by atoms with Gasteiger partial charge in [0.1, 0.15) is 5.82 Å². The molecule has 3 aromatic rings. The van der Waals surface area contributed by atoms with Crippen molar-refractivity contribution in [2.75, 3.05) is 5.32 Å². The molecule has 1 amide bonds. The number of hydrogen-bond donors (Lipinski definition) is 1. The summed E-state index contributed by atoms with van der Waals surface area (Å²) in [6.45, 7) is 1.04. The van der Waals surface area contributed by atoms with E-state index in [2.05, 4.69) is 38.5 Å². The van der Waals surface area contributed by atoms with E-state index in [0.29, 0.717) is 5.56 Å². The smallest absolute Gasteiger partial charge is 0.256 e. The molecule has 1 N–H and O–H groups in total. The average molecular weight is 431 g/mol. The molecule has 0 aliphatic carbocycles. The van der Waals surface area contributed by atoms with Crippen molar-refractivity contribution in [3.63, 3.8) is 0 Å². The number of aryl methyl sites for hydroxylation is 2. The lowest BCUT2D eigenvalue weighted by Gasteiger charge is -2.08. The fraction of sp³-hybridized carbons (Fsp3) is 0.263. The fourth-order valence-electron chi connectivity index (χ4n) is 3.27. The zero-order chi connectivity index (χ0) is 16.5. The van der Waals surface area contributed by atoms with E-state index >= 15 is 0 Å². The number of amides is 1. The number of rotatable bonds is 2. The summed E-state index contributed by atoms with van der Waals surface area (Å²) in [6, 6.07) is 13.6. The minimum absolute atomic E-state index is 0.0832. The number of hydrogen-bond acceptors (Lipinski definition) is 2. The van der Waals surface area contributed by atoms with Gasteiger partial charge in [0.15, 0.2) is 0 Å². The summed E-state index contributed by atoms with van der Waals surface area (Å²) in [5.41, 5.74) is 3.62. The maximum atomic E-state index is 12.5. The van der Waals surface area contributed by atoms with Crippen LogP contribution in [0.3, 0.4) is 0 Å². The van der Waals surface area contributed by atoms with E-state index in [0.717, 1.165) is 27.7 Å². The minimum atomic E-state index is -0.0832. The van der Waals surface area contributed by atoms with Gasteiger partial charge in [0, 0.05) is 22.2 Å². The Bertz CT molecular complexity index is 916. The molecule has 0 unspecified atom stereocenters. The second-order valence-electron chi connectivity index (χ2n) is 6.13. The molecule has 0 atom stereocenters. The van der Waals surface area contributed by atoms with Gasteiger partial charge in [-0.2, -0.15) is 0 Å². The van der Waals surface area contributed by atoms with Crippen molar-refractivity contribution in [2.24, 2.45) is 0 Å². The third-order valence-electron chi connectivity index (χ3n) is 4.49. The van der Waals surface area contributed by atoms with Crippen molar-refractivity contribution in [1.29, 1.82) is 0 Å². The van der Waals surface area contributed by atoms with E-state index in [9.17, 15) is 4.79 Å². The van der Waals surface area contributed by atoms with Gasteiger partial charge in [-0.15, -0.1) is 0 Å². The largest absolute Gasteiger partial charge is 0.328 e. The molecule has 1 aliphatic rings. The molecule has 0 saturated heterocycles. The van der Waals surface area contributed by atoms with E-state index in [1.54, 1.807) is 0 Å². The topological polar surface area (TPSA) is 46.9 Å². The molecule has 0 saturated carbocycles. The molecular weight excluding hydrogens is 413 g/mol. The quantitative estimate of drug-likeness (QED) is 0.602. The van der Waals surface area contributed by atoms with Gasteiger partial charge < -0.3 is 9.88 Å². The van der Waals surface area contributed by atoms with Crippen LogP contribution in [0, 0.1) is 3.57 Å². The van der Waals surface area contributed by atoms with E-state index in [-0.39, 0.29) is 5.91 Å². The van der Waals surface area contributed by atoms with Gasteiger partial charge in [0.05, 0.1) is 16.6 Å². The van der Waals surface area contributed by atoms with Gasteiger partial charge in [-0.25, -0.2) is 4.98 Å². The Hall–Kier alpha value is -1.89. The Balaban J connectivity index is 1.64. The van der Waals surface area contributed by atoms with Crippen LogP contribution in [0.5, 0.6) is 0 Å². The van der Waals surface area contributed by atoms with Crippen LogP contribution in [-0.2, 0) is 13.0 Å². The molecule has 4 rings (SSSR count). The minimum Gasteiger partial charge on any atom is -0.328 e. The van der Waals surface area contributed by atoms with Crippen LogP contribution in [0.15, 0.2) is 42.5 Å². The van der Waals surface area contributed by atoms with Crippen molar-refractivity contribution < 1.29 is 4.79 Å². The number of nitrogens with one attached hydrogen (secondary N) is 1. The first kappa shape index (κ1) is 15.6. The lowest BCUT2D eigenvalue weighted by molar-refractivity contribution is 0.102. The highest BCUT2D eigenvalue weighted by atomic mass is 127. The lowest BCUT2D eigenvalue weighted by Crippen LogP contribution is -2.13. The first-order chi connectivity index (χ1) is 11.7. The van der Waals surface area contributed by atoms with E-state index in [1.807, 2.05) is 36.4 Å². The third kappa shape index (κ3) is 2.92. The molecule has 2 aromatic carbocycles. The highest BCUT2D eigenvalue weighted by molar-refractivity contribution is 14.1. The zero-order valence-electron chi connectivity index (χ0n) is 13.3. The van der Waals surface area contributed by atoms with Gasteiger partial charge >= 0.3 is 0 Å². The lowest BCUT2D eigenvalue weighted by atomic mass is 10.2. The molecule has 0 spiro atoms. The molecule has 1 aliphatic heterocycles. The number of anilines is 1. The zero-order valence-corrected chi connectivity index (χ0v) is 15.4. The maximum Gasteiger partial charge on any atom is 0.256 e. The molecule has 24 heavy (non-hydrogen) atoms. The number of carbonyl (C=O) groups is 1. The van der Waals surface area contributed by atoms with Crippen LogP contribution in [0.1, 0.15) is 35.4 Å². The first-order valence-electron chi connectivity index (χ1n) is 8.27. The van der Waals surface area contributed by atoms with Gasteiger partial charge in [0.25, 0.3) is 5.91 Å². The second kappa shape index (κ2) is 6.55. The predicted octanol–water partition coefficient (Wildman–Crippen LogP) is 4.62. The van der Waals surface area contributed by atoms with Gasteiger partial charge in [-0.3, -0.25) is 4.79 Å². The third-order valence-corrected chi connectivity index (χ3v) is 5.43. The number of benzene rings is 2. The Morgan fingerprint density at radius 2 is 2.00 bits per heavy atom. The van der Waals surface area contributed by atoms with E-state index in [4.69, 9.17) is 4.98 Å². The summed E-state index contributed by atoms with van der Waals surface area (Å²) in [6.07, 6.45) is 4.73. The highest BCUT2D eigenvalue weighted by Gasteiger charge is 2.15. The molecular formula is C19H18IN3O. The summed E-state index contributed by atoms with van der Waals surface area (Å²) in [7, 11) is 0. The number of nitrogens with zero attached hydrogens (tertiary/aromatic N) is 2. The normalized spacial score (nSPS) is 14.2. The molecule has 122 valence electrons. The Morgan fingerprint density at radius 3 is 2.88 bits per heavy atom. The number of halogens is 1. The molecule has 5 heteroatoms. The van der Waals surface area contributed by atoms with Crippen molar-refractivity contribution in [3.05, 3.63) is 57.4 Å². The van der Waals surface area contributed by atoms with E-state index in [1.165, 1.54) is 30.6 Å². The molecule has 1 aromatic heterocycles. The van der Waals surface area contributed by atoms with Crippen LogP contribution in [0.2, 0.25) is 0 Å². The highest BCUT2D eigenvalue weighted by Crippen LogP contribution is 2.25. The van der Waals surface area contributed by atoms with Crippen molar-refractivity contribution >= 4 is 45.2 Å². The van der Waals surface area contributed by atoms with Crippen LogP contribution in [0.4, 0.5) is 5.69 Å². The summed E-state index contributed by atoms with van der Waals surface area (Å²) in [5, 5.41) is 2.99. The van der Waals surface area contributed by atoms with Crippen molar-refractivity contribution in [1.82, 2.24) is 9.55 Å². The number of aromatic nitrogens is 2. The standard InChI is InChI=1S/C19H18IN3O/c20-15-7-4-3-6-14(15)19(24)21-13-9-10-17-16(12-13)22-18-8-2-1-5-11-23(17)18/h3-4,6-7,9-10,12H,1-2,5,8,11H2,(H,21,24). The van der Waals surface area contributed by atoms with Crippen LogP contribution in [0.25, 0.3) is 11.0 Å². The molecule has 0 bridgehead atoms. The SMILES string of the molecule is O=C(Nc1ccc2c(c1)nc1n2CCCCC1)c1ccccc1I. The average Bonchev–Trinajstić information content (AvgIpc) is 2.75. The van der Waals surface area contributed by atoms with Gasteiger partial charge in [-0.1, -0.05) is 18.6 Å². The molecule has 2 heterocycles. The van der Waals surface area contributed by atoms with Crippen LogP contribution >= 0.6 is 22.6 Å². The Kier molecular flexibility index (Phi) is 4.26. The van der Waals surface area contributed by atoms with Crippen molar-refractivity contribution in [2.45, 2.75) is 32.2 Å². The predicted molar refractivity (Wildman–Crippen MR) is 104 cm³/mol. The monoisotopic (exact) mass is 431 g/mol. The van der Waals surface area contributed by atoms with Crippen LogP contribution in [-0.4, -0.2) is 15.5 Å². The number of carbonyl (C=O) groups excluding carboxylic acids is 1. The maximum absolute atomic E-state index is 12.5. The van der Waals surface area contributed by atoms with Crippen molar-refractivity contribution in [3.8, 4) is 0 Å². The number of imidazole rings is 1. The molecule has 0 radical (unpaired) electrons. The van der Waals surface area contributed by atoms with E-state index < -0.39 is 0 Å². The summed E-state index contributed by atoms with van der Waals surface area (Å²) < 4.78 is 3.27. The van der Waals surface area contributed by atoms with Gasteiger partial charge in [-0.05, 0) is 65.8 Å². The summed E-state index contributed by atoms with van der Waals surface area (Å²) in [5.74, 6) is 1.09. The fourth-order valence-corrected chi connectivity index (χ4v) is 3.90. The summed E-state index contributed by atoms with van der Waals surface area (Å²) in [4.78, 5) is 17.3. The number of fused-ring (bicyclic) bond motifs is 3.